The first-order valence-electron chi connectivity index (χ1n) is 8.10. The lowest BCUT2D eigenvalue weighted by Crippen LogP contribution is -2.46. The number of nitrogens with one attached hydrogen (secondary N) is 1. The third kappa shape index (κ3) is 5.62. The highest BCUT2D eigenvalue weighted by Gasteiger charge is 2.27. The summed E-state index contributed by atoms with van der Waals surface area (Å²) in [5.74, 6) is 0.0389. The monoisotopic (exact) mass is 381 g/mol. The molecular formula is C17H24BrN3O2. The standard InChI is InChI=1S/C17H24BrN3O2/c18-15-6-3-13(4-7-15)5-8-16(22)21-11-1-2-14(12-21)17(23)20-10-9-19/h3-4,6-7,14H,1-2,5,8-12,19H2,(H,20,23). The fourth-order valence-corrected chi connectivity index (χ4v) is 3.08. The summed E-state index contributed by atoms with van der Waals surface area (Å²) in [5, 5.41) is 2.82. The van der Waals surface area contributed by atoms with Crippen LogP contribution in [-0.4, -0.2) is 42.9 Å². The van der Waals surface area contributed by atoms with E-state index in [1.54, 1.807) is 0 Å². The summed E-state index contributed by atoms with van der Waals surface area (Å²) < 4.78 is 1.04. The van der Waals surface area contributed by atoms with Gasteiger partial charge in [0, 0.05) is 37.1 Å². The maximum Gasteiger partial charge on any atom is 0.224 e. The molecule has 1 fully saturated rings. The van der Waals surface area contributed by atoms with Gasteiger partial charge in [-0.2, -0.15) is 0 Å². The summed E-state index contributed by atoms with van der Waals surface area (Å²) >= 11 is 3.41. The molecule has 0 bridgehead atoms. The van der Waals surface area contributed by atoms with E-state index in [1.165, 1.54) is 0 Å². The Morgan fingerprint density at radius 3 is 2.74 bits per heavy atom. The van der Waals surface area contributed by atoms with Crippen LogP contribution in [-0.2, 0) is 16.0 Å². The van der Waals surface area contributed by atoms with Gasteiger partial charge in [-0.1, -0.05) is 28.1 Å². The van der Waals surface area contributed by atoms with Crippen LogP contribution >= 0.6 is 15.9 Å². The number of carbonyl (C=O) groups is 2. The van der Waals surface area contributed by atoms with Crippen LogP contribution in [0.3, 0.4) is 0 Å². The first kappa shape index (κ1) is 17.9. The zero-order chi connectivity index (χ0) is 16.7. The van der Waals surface area contributed by atoms with Gasteiger partial charge in [-0.3, -0.25) is 9.59 Å². The molecule has 3 N–H and O–H groups in total. The van der Waals surface area contributed by atoms with Crippen LogP contribution in [0.4, 0.5) is 0 Å². The van der Waals surface area contributed by atoms with Gasteiger partial charge in [0.25, 0.3) is 0 Å². The number of nitrogens with zero attached hydrogens (tertiary/aromatic N) is 1. The van der Waals surface area contributed by atoms with E-state index in [9.17, 15) is 9.59 Å². The summed E-state index contributed by atoms with van der Waals surface area (Å²) in [6.07, 6.45) is 2.93. The highest BCUT2D eigenvalue weighted by Crippen LogP contribution is 2.18. The third-order valence-corrected chi connectivity index (χ3v) is 4.66. The third-order valence-electron chi connectivity index (χ3n) is 4.13. The number of carbonyl (C=O) groups excluding carboxylic acids is 2. The fourth-order valence-electron chi connectivity index (χ4n) is 2.82. The number of amides is 2. The molecule has 1 aliphatic heterocycles. The maximum atomic E-state index is 12.4. The minimum atomic E-state index is -0.105. The highest BCUT2D eigenvalue weighted by atomic mass is 79.9. The number of rotatable bonds is 6. The average molecular weight is 382 g/mol. The van der Waals surface area contributed by atoms with E-state index in [0.717, 1.165) is 35.8 Å². The molecule has 1 aromatic rings. The minimum Gasteiger partial charge on any atom is -0.355 e. The fraction of sp³-hybridized carbons (Fsp3) is 0.529. The molecule has 0 saturated carbocycles. The zero-order valence-electron chi connectivity index (χ0n) is 13.3. The quantitative estimate of drug-likeness (QED) is 0.787. The largest absolute Gasteiger partial charge is 0.355 e. The molecule has 126 valence electrons. The second-order valence-corrected chi connectivity index (χ2v) is 6.80. The van der Waals surface area contributed by atoms with Crippen LogP contribution in [0.5, 0.6) is 0 Å². The van der Waals surface area contributed by atoms with Gasteiger partial charge in [-0.15, -0.1) is 0 Å². The van der Waals surface area contributed by atoms with Crippen molar-refractivity contribution >= 4 is 27.7 Å². The average Bonchev–Trinajstić information content (AvgIpc) is 2.59. The number of piperidine rings is 1. The van der Waals surface area contributed by atoms with Crippen molar-refractivity contribution in [3.8, 4) is 0 Å². The number of likely N-dealkylation sites (tertiary alicyclic amines) is 1. The van der Waals surface area contributed by atoms with E-state index in [0.29, 0.717) is 26.1 Å². The van der Waals surface area contributed by atoms with Crippen molar-refractivity contribution in [3.05, 3.63) is 34.3 Å². The lowest BCUT2D eigenvalue weighted by atomic mass is 9.96. The van der Waals surface area contributed by atoms with Crippen molar-refractivity contribution in [1.82, 2.24) is 10.2 Å². The van der Waals surface area contributed by atoms with Gasteiger partial charge in [0.05, 0.1) is 5.92 Å². The lowest BCUT2D eigenvalue weighted by molar-refractivity contribution is -0.135. The summed E-state index contributed by atoms with van der Waals surface area (Å²) in [5.41, 5.74) is 6.55. The molecule has 0 spiro atoms. The Kier molecular flexibility index (Phi) is 7.05. The topological polar surface area (TPSA) is 75.4 Å². The van der Waals surface area contributed by atoms with Crippen LogP contribution in [0.2, 0.25) is 0 Å². The Bertz CT molecular complexity index is 533. The van der Waals surface area contributed by atoms with Gasteiger partial charge in [0.1, 0.15) is 0 Å². The zero-order valence-corrected chi connectivity index (χ0v) is 14.8. The number of benzene rings is 1. The second-order valence-electron chi connectivity index (χ2n) is 5.89. The Morgan fingerprint density at radius 1 is 1.30 bits per heavy atom. The Labute approximate surface area is 145 Å². The molecule has 1 unspecified atom stereocenters. The van der Waals surface area contributed by atoms with Crippen molar-refractivity contribution in [3.63, 3.8) is 0 Å². The molecule has 5 nitrogen and oxygen atoms in total. The molecule has 1 atom stereocenters. The first-order valence-corrected chi connectivity index (χ1v) is 8.89. The first-order chi connectivity index (χ1) is 11.1. The number of nitrogens with two attached hydrogens (primary N) is 1. The Hall–Kier alpha value is -1.40. The summed E-state index contributed by atoms with van der Waals surface area (Å²) in [6.45, 7) is 2.20. The predicted octanol–water partition coefficient (Wildman–Crippen LogP) is 1.70. The molecule has 1 heterocycles. The SMILES string of the molecule is NCCNC(=O)C1CCCN(C(=O)CCc2ccc(Br)cc2)C1. The van der Waals surface area contributed by atoms with Crippen LogP contribution in [0.15, 0.2) is 28.7 Å². The van der Waals surface area contributed by atoms with Crippen molar-refractivity contribution in [1.29, 1.82) is 0 Å². The van der Waals surface area contributed by atoms with Crippen LogP contribution in [0.1, 0.15) is 24.8 Å². The van der Waals surface area contributed by atoms with E-state index >= 15 is 0 Å². The summed E-state index contributed by atoms with van der Waals surface area (Å²) in [6, 6.07) is 8.02. The van der Waals surface area contributed by atoms with Crippen molar-refractivity contribution in [2.75, 3.05) is 26.2 Å². The summed E-state index contributed by atoms with van der Waals surface area (Å²) in [7, 11) is 0. The van der Waals surface area contributed by atoms with Crippen LogP contribution in [0, 0.1) is 5.92 Å². The normalized spacial score (nSPS) is 17.8. The minimum absolute atomic E-state index is 0.0147. The van der Waals surface area contributed by atoms with E-state index in [1.807, 2.05) is 29.2 Å². The van der Waals surface area contributed by atoms with Gasteiger partial charge < -0.3 is 16.0 Å². The Morgan fingerprint density at radius 2 is 2.04 bits per heavy atom. The van der Waals surface area contributed by atoms with Crippen molar-refractivity contribution in [2.45, 2.75) is 25.7 Å². The molecule has 1 aromatic carbocycles. The van der Waals surface area contributed by atoms with Crippen LogP contribution in [0.25, 0.3) is 0 Å². The molecule has 0 aromatic heterocycles. The van der Waals surface area contributed by atoms with Gasteiger partial charge in [0.2, 0.25) is 11.8 Å². The van der Waals surface area contributed by atoms with Gasteiger partial charge >= 0.3 is 0 Å². The van der Waals surface area contributed by atoms with Crippen molar-refractivity contribution in [2.24, 2.45) is 11.7 Å². The number of hydrogen-bond donors (Lipinski definition) is 2. The van der Waals surface area contributed by atoms with E-state index < -0.39 is 0 Å². The molecule has 0 aliphatic carbocycles. The molecule has 2 rings (SSSR count). The molecule has 0 radical (unpaired) electrons. The number of halogens is 1. The molecule has 6 heteroatoms. The highest BCUT2D eigenvalue weighted by molar-refractivity contribution is 9.10. The predicted molar refractivity (Wildman–Crippen MR) is 93.8 cm³/mol. The van der Waals surface area contributed by atoms with E-state index in [2.05, 4.69) is 21.2 Å². The summed E-state index contributed by atoms with van der Waals surface area (Å²) in [4.78, 5) is 26.2. The smallest absolute Gasteiger partial charge is 0.224 e. The van der Waals surface area contributed by atoms with Crippen LogP contribution < -0.4 is 11.1 Å². The molecule has 1 aliphatic rings. The lowest BCUT2D eigenvalue weighted by Gasteiger charge is -2.32. The second kappa shape index (κ2) is 9.03. The maximum absolute atomic E-state index is 12.4. The molecule has 23 heavy (non-hydrogen) atoms. The van der Waals surface area contributed by atoms with Gasteiger partial charge in [-0.25, -0.2) is 0 Å². The van der Waals surface area contributed by atoms with E-state index in [4.69, 9.17) is 5.73 Å². The van der Waals surface area contributed by atoms with Crippen molar-refractivity contribution < 1.29 is 9.59 Å². The molecular weight excluding hydrogens is 358 g/mol. The molecule has 1 saturated heterocycles. The van der Waals surface area contributed by atoms with Gasteiger partial charge in [0.15, 0.2) is 0 Å². The Balaban J connectivity index is 1.81. The van der Waals surface area contributed by atoms with Gasteiger partial charge in [-0.05, 0) is 37.0 Å². The van der Waals surface area contributed by atoms with E-state index in [-0.39, 0.29) is 17.7 Å². The molecule has 2 amide bonds. The number of aryl methyl sites for hydroxylation is 1. The number of hydrogen-bond acceptors (Lipinski definition) is 3.